The van der Waals surface area contributed by atoms with Crippen LogP contribution in [0.15, 0.2) is 42.5 Å². The number of hydrogen-bond donors (Lipinski definition) is 2. The van der Waals surface area contributed by atoms with Crippen LogP contribution < -0.4 is 4.74 Å². The van der Waals surface area contributed by atoms with Crippen molar-refractivity contribution in [1.82, 2.24) is 4.57 Å². The minimum Gasteiger partial charge on any atom is -0.480 e. The SMILES string of the molecule is Cc1c(Oc2ccc(Cl)cc2)c2cc(CS(=O)O)ccc2n1CC(=O)O. The molecule has 0 fully saturated rings. The average Bonchev–Trinajstić information content (AvgIpc) is 2.81. The van der Waals surface area contributed by atoms with E-state index in [9.17, 15) is 14.1 Å². The van der Waals surface area contributed by atoms with E-state index in [2.05, 4.69) is 0 Å². The number of nitrogens with zero attached hydrogens (tertiary/aromatic N) is 1. The van der Waals surface area contributed by atoms with Crippen LogP contribution in [-0.4, -0.2) is 24.4 Å². The van der Waals surface area contributed by atoms with Crippen molar-refractivity contribution in [2.75, 3.05) is 0 Å². The van der Waals surface area contributed by atoms with E-state index in [1.807, 2.05) is 0 Å². The Kier molecular flexibility index (Phi) is 5.31. The van der Waals surface area contributed by atoms with Gasteiger partial charge in [0.15, 0.2) is 16.8 Å². The molecule has 0 bridgehead atoms. The fourth-order valence-corrected chi connectivity index (χ4v) is 3.41. The highest BCUT2D eigenvalue weighted by atomic mass is 35.5. The summed E-state index contributed by atoms with van der Waals surface area (Å²) >= 11 is 3.92. The molecule has 2 aromatic carbocycles. The molecule has 0 radical (unpaired) electrons. The smallest absolute Gasteiger partial charge is 0.323 e. The highest BCUT2D eigenvalue weighted by Gasteiger charge is 2.18. The van der Waals surface area contributed by atoms with Crippen molar-refractivity contribution >= 4 is 39.6 Å². The summed E-state index contributed by atoms with van der Waals surface area (Å²) in [6.45, 7) is 1.57. The number of carbonyl (C=O) groups is 1. The minimum atomic E-state index is -1.97. The lowest BCUT2D eigenvalue weighted by Gasteiger charge is -2.07. The molecule has 1 atom stereocenters. The zero-order valence-electron chi connectivity index (χ0n) is 13.8. The Morgan fingerprint density at radius 2 is 1.92 bits per heavy atom. The second kappa shape index (κ2) is 7.49. The third kappa shape index (κ3) is 3.90. The van der Waals surface area contributed by atoms with Crippen LogP contribution in [0.2, 0.25) is 5.02 Å². The molecule has 3 aromatic rings. The van der Waals surface area contributed by atoms with E-state index >= 15 is 0 Å². The number of halogens is 1. The summed E-state index contributed by atoms with van der Waals surface area (Å²) in [5.74, 6) is 0.0835. The number of carboxylic acids is 1. The molecule has 1 heterocycles. The van der Waals surface area contributed by atoms with Crippen molar-refractivity contribution in [2.45, 2.75) is 19.2 Å². The zero-order valence-corrected chi connectivity index (χ0v) is 15.4. The Labute approximate surface area is 157 Å². The second-order valence-corrected chi connectivity index (χ2v) is 7.14. The van der Waals surface area contributed by atoms with Gasteiger partial charge >= 0.3 is 5.97 Å². The van der Waals surface area contributed by atoms with Crippen LogP contribution in [0, 0.1) is 6.92 Å². The fraction of sp³-hybridized carbons (Fsp3) is 0.167. The largest absolute Gasteiger partial charge is 0.480 e. The van der Waals surface area contributed by atoms with Crippen molar-refractivity contribution in [1.29, 1.82) is 0 Å². The average molecular weight is 394 g/mol. The third-order valence-electron chi connectivity index (χ3n) is 3.95. The highest BCUT2D eigenvalue weighted by molar-refractivity contribution is 7.78. The molecule has 2 N–H and O–H groups in total. The fourth-order valence-electron chi connectivity index (χ4n) is 2.82. The Bertz CT molecular complexity index is 997. The molecule has 3 rings (SSSR count). The maximum atomic E-state index is 11.2. The molecule has 0 spiro atoms. The van der Waals surface area contributed by atoms with Gasteiger partial charge in [-0.1, -0.05) is 17.7 Å². The molecule has 0 aliphatic heterocycles. The maximum Gasteiger partial charge on any atom is 0.323 e. The van der Waals surface area contributed by atoms with Gasteiger partial charge < -0.3 is 19.0 Å². The third-order valence-corrected chi connectivity index (χ3v) is 4.78. The van der Waals surface area contributed by atoms with Gasteiger partial charge in [-0.25, -0.2) is 4.21 Å². The van der Waals surface area contributed by atoms with E-state index in [0.717, 1.165) is 0 Å². The first-order chi connectivity index (χ1) is 12.3. The Balaban J connectivity index is 2.14. The van der Waals surface area contributed by atoms with Crippen molar-refractivity contribution in [3.05, 3.63) is 58.7 Å². The van der Waals surface area contributed by atoms with Crippen LogP contribution in [0.1, 0.15) is 11.3 Å². The van der Waals surface area contributed by atoms with E-state index in [-0.39, 0.29) is 12.3 Å². The lowest BCUT2D eigenvalue weighted by molar-refractivity contribution is -0.137. The van der Waals surface area contributed by atoms with Gasteiger partial charge in [0, 0.05) is 10.4 Å². The number of carboxylic acid groups (broad SMARTS) is 1. The van der Waals surface area contributed by atoms with Crippen LogP contribution in [0.4, 0.5) is 0 Å². The zero-order chi connectivity index (χ0) is 18.8. The number of hydrogen-bond acceptors (Lipinski definition) is 3. The second-order valence-electron chi connectivity index (χ2n) is 5.77. The van der Waals surface area contributed by atoms with E-state index in [0.29, 0.717) is 38.7 Å². The number of benzene rings is 2. The molecular weight excluding hydrogens is 378 g/mol. The van der Waals surface area contributed by atoms with Gasteiger partial charge in [-0.3, -0.25) is 4.79 Å². The molecule has 26 heavy (non-hydrogen) atoms. The predicted octanol–water partition coefficient (Wildman–Crippen LogP) is 4.20. The maximum absolute atomic E-state index is 11.2. The van der Waals surface area contributed by atoms with Gasteiger partial charge in [-0.2, -0.15) is 0 Å². The topological polar surface area (TPSA) is 88.8 Å². The van der Waals surface area contributed by atoms with Gasteiger partial charge in [-0.05, 0) is 48.9 Å². The summed E-state index contributed by atoms with van der Waals surface area (Å²) in [5, 5.41) is 10.5. The van der Waals surface area contributed by atoms with Gasteiger partial charge in [0.1, 0.15) is 12.3 Å². The summed E-state index contributed by atoms with van der Waals surface area (Å²) in [6.07, 6.45) is 0. The summed E-state index contributed by atoms with van der Waals surface area (Å²) in [5.41, 5.74) is 1.99. The van der Waals surface area contributed by atoms with Crippen molar-refractivity contribution < 1.29 is 23.4 Å². The normalized spacial score (nSPS) is 12.3. The number of ether oxygens (including phenoxy) is 1. The van der Waals surface area contributed by atoms with Crippen LogP contribution in [0.3, 0.4) is 0 Å². The van der Waals surface area contributed by atoms with Crippen molar-refractivity contribution in [2.24, 2.45) is 0 Å². The van der Waals surface area contributed by atoms with E-state index in [4.69, 9.17) is 20.9 Å². The van der Waals surface area contributed by atoms with E-state index < -0.39 is 17.0 Å². The van der Waals surface area contributed by atoms with Crippen LogP contribution in [0.5, 0.6) is 11.5 Å². The quantitative estimate of drug-likeness (QED) is 0.612. The van der Waals surface area contributed by atoms with Gasteiger partial charge in [0.05, 0.1) is 17.0 Å². The monoisotopic (exact) mass is 393 g/mol. The first-order valence-corrected chi connectivity index (χ1v) is 9.35. The predicted molar refractivity (Wildman–Crippen MR) is 100 cm³/mol. The van der Waals surface area contributed by atoms with E-state index in [1.54, 1.807) is 54.0 Å². The molecule has 1 aromatic heterocycles. The van der Waals surface area contributed by atoms with Gasteiger partial charge in [0.2, 0.25) is 0 Å². The number of aliphatic carboxylic acids is 1. The molecule has 6 nitrogen and oxygen atoms in total. The molecule has 8 heteroatoms. The summed E-state index contributed by atoms with van der Waals surface area (Å²) in [4.78, 5) is 11.2. The lowest BCUT2D eigenvalue weighted by atomic mass is 10.1. The number of aromatic nitrogens is 1. The standard InChI is InChI=1S/C18H16ClNO5S/c1-11-18(25-14-5-3-13(19)4-6-14)15-8-12(10-26(23)24)2-7-16(15)20(11)9-17(21)22/h2-8H,9-10H2,1H3,(H,21,22)(H,23,24). The molecule has 0 saturated heterocycles. The molecule has 1 unspecified atom stereocenters. The van der Waals surface area contributed by atoms with Gasteiger partial charge in [0.25, 0.3) is 0 Å². The molecule has 0 aliphatic rings. The Hall–Kier alpha value is -2.35. The Morgan fingerprint density at radius 1 is 1.23 bits per heavy atom. The molecule has 0 aliphatic carbocycles. The van der Waals surface area contributed by atoms with E-state index in [1.165, 1.54) is 0 Å². The van der Waals surface area contributed by atoms with Gasteiger partial charge in [-0.15, -0.1) is 0 Å². The first kappa shape index (κ1) is 18.4. The Morgan fingerprint density at radius 3 is 2.54 bits per heavy atom. The van der Waals surface area contributed by atoms with Crippen molar-refractivity contribution in [3.8, 4) is 11.5 Å². The minimum absolute atomic E-state index is 0.0144. The lowest BCUT2D eigenvalue weighted by Crippen LogP contribution is -2.09. The summed E-state index contributed by atoms with van der Waals surface area (Å²) < 4.78 is 27.9. The number of fused-ring (bicyclic) bond motifs is 1. The van der Waals surface area contributed by atoms with Crippen molar-refractivity contribution in [3.63, 3.8) is 0 Å². The first-order valence-electron chi connectivity index (χ1n) is 7.69. The highest BCUT2D eigenvalue weighted by Crippen LogP contribution is 2.37. The summed E-state index contributed by atoms with van der Waals surface area (Å²) in [6, 6.07) is 12.0. The molecule has 0 saturated carbocycles. The number of rotatable bonds is 6. The van der Waals surface area contributed by atoms with Crippen LogP contribution in [-0.2, 0) is 28.2 Å². The molecule has 136 valence electrons. The van der Waals surface area contributed by atoms with Crippen LogP contribution in [0.25, 0.3) is 10.9 Å². The molecular formula is C18H16ClNO5S. The summed E-state index contributed by atoms with van der Waals surface area (Å²) in [7, 11) is 0. The molecule has 0 amide bonds. The van der Waals surface area contributed by atoms with Crippen LogP contribution >= 0.6 is 11.6 Å².